The highest BCUT2D eigenvalue weighted by atomic mass is 32.2. The average molecular weight is 331 g/mol. The summed E-state index contributed by atoms with van der Waals surface area (Å²) in [5.74, 6) is -0.00278. The van der Waals surface area contributed by atoms with Crippen molar-refractivity contribution in [3.8, 4) is 17.3 Å². The van der Waals surface area contributed by atoms with E-state index in [2.05, 4.69) is 11.1 Å². The van der Waals surface area contributed by atoms with E-state index in [1.54, 1.807) is 17.8 Å². The molecule has 0 radical (unpaired) electrons. The van der Waals surface area contributed by atoms with Gasteiger partial charge in [-0.2, -0.15) is 5.26 Å². The van der Waals surface area contributed by atoms with Gasteiger partial charge in [0.25, 0.3) is 0 Å². The first kappa shape index (κ1) is 17.2. The molecule has 0 fully saturated rings. The minimum Gasteiger partial charge on any atom is -0.318 e. The summed E-state index contributed by atoms with van der Waals surface area (Å²) in [6.07, 6.45) is 2.57. The van der Waals surface area contributed by atoms with Gasteiger partial charge < -0.3 is 4.57 Å². The van der Waals surface area contributed by atoms with E-state index in [0.29, 0.717) is 12.8 Å². The minimum absolute atomic E-state index is 0.00278. The van der Waals surface area contributed by atoms with Crippen LogP contribution in [0.2, 0.25) is 0 Å². The van der Waals surface area contributed by atoms with Gasteiger partial charge in [-0.1, -0.05) is 30.3 Å². The Morgan fingerprint density at radius 3 is 2.52 bits per heavy atom. The van der Waals surface area contributed by atoms with E-state index < -0.39 is 15.3 Å². The minimum atomic E-state index is -3.47. The standard InChI is InChI=1S/C17H21N3O2S/c1-17(2,13-18)10-7-11-23(21,22)16-19-12-15(20(16)3)14-8-5-4-6-9-14/h4-6,8-9,12H,7,10-11H2,1-3H3. The molecule has 1 aromatic carbocycles. The summed E-state index contributed by atoms with van der Waals surface area (Å²) in [6.45, 7) is 3.63. The van der Waals surface area contributed by atoms with Crippen molar-refractivity contribution < 1.29 is 8.42 Å². The Balaban J connectivity index is 2.19. The first-order valence-corrected chi connectivity index (χ1v) is 9.13. The van der Waals surface area contributed by atoms with Gasteiger partial charge in [0.2, 0.25) is 15.0 Å². The van der Waals surface area contributed by atoms with Crippen LogP contribution in [0.4, 0.5) is 0 Å². The zero-order chi connectivity index (χ0) is 17.1. The predicted octanol–water partition coefficient (Wildman–Crippen LogP) is 3.19. The van der Waals surface area contributed by atoms with Crippen molar-refractivity contribution >= 4 is 9.84 Å². The highest BCUT2D eigenvalue weighted by Gasteiger charge is 2.24. The van der Waals surface area contributed by atoms with Crippen LogP contribution in [-0.2, 0) is 16.9 Å². The number of aromatic nitrogens is 2. The normalized spacial score (nSPS) is 12.1. The molecular formula is C17H21N3O2S. The third-order valence-corrected chi connectivity index (χ3v) is 5.57. The van der Waals surface area contributed by atoms with Gasteiger partial charge in [0.15, 0.2) is 0 Å². The zero-order valence-corrected chi connectivity index (χ0v) is 14.5. The van der Waals surface area contributed by atoms with Gasteiger partial charge in [0.1, 0.15) is 0 Å². The second-order valence-corrected chi connectivity index (χ2v) is 8.27. The second kappa shape index (κ2) is 6.55. The van der Waals surface area contributed by atoms with Crippen molar-refractivity contribution in [2.45, 2.75) is 31.8 Å². The summed E-state index contributed by atoms with van der Waals surface area (Å²) >= 11 is 0. The lowest BCUT2D eigenvalue weighted by Crippen LogP contribution is -2.15. The molecule has 2 aromatic rings. The molecule has 0 aliphatic rings. The molecule has 23 heavy (non-hydrogen) atoms. The third-order valence-electron chi connectivity index (χ3n) is 3.81. The molecule has 2 rings (SSSR count). The van der Waals surface area contributed by atoms with Crippen LogP contribution >= 0.6 is 0 Å². The number of sulfone groups is 1. The molecule has 6 heteroatoms. The van der Waals surface area contributed by atoms with E-state index in [9.17, 15) is 8.42 Å². The number of benzene rings is 1. The first-order valence-electron chi connectivity index (χ1n) is 7.48. The summed E-state index contributed by atoms with van der Waals surface area (Å²) < 4.78 is 26.6. The Morgan fingerprint density at radius 2 is 1.91 bits per heavy atom. The number of hydrogen-bond donors (Lipinski definition) is 0. The Hall–Kier alpha value is -2.13. The fraction of sp³-hybridized carbons (Fsp3) is 0.412. The van der Waals surface area contributed by atoms with Crippen molar-refractivity contribution in [1.29, 1.82) is 5.26 Å². The van der Waals surface area contributed by atoms with Crippen LogP contribution in [0.1, 0.15) is 26.7 Å². The molecule has 0 spiro atoms. The van der Waals surface area contributed by atoms with E-state index >= 15 is 0 Å². The molecule has 0 unspecified atom stereocenters. The molecule has 0 atom stereocenters. The molecule has 1 aromatic heterocycles. The Morgan fingerprint density at radius 1 is 1.26 bits per heavy atom. The Bertz CT molecular complexity index is 815. The molecular weight excluding hydrogens is 310 g/mol. The van der Waals surface area contributed by atoms with E-state index in [1.807, 2.05) is 44.2 Å². The Kier molecular flexibility index (Phi) is 4.90. The predicted molar refractivity (Wildman–Crippen MR) is 89.3 cm³/mol. The lowest BCUT2D eigenvalue weighted by Gasteiger charge is -2.14. The van der Waals surface area contributed by atoms with Crippen LogP contribution in [0.5, 0.6) is 0 Å². The molecule has 0 aliphatic carbocycles. The maximum absolute atomic E-state index is 12.5. The lowest BCUT2D eigenvalue weighted by molar-refractivity contribution is 0.444. The van der Waals surface area contributed by atoms with E-state index in [0.717, 1.165) is 11.3 Å². The molecule has 122 valence electrons. The van der Waals surface area contributed by atoms with Crippen LogP contribution in [0.3, 0.4) is 0 Å². The second-order valence-electron chi connectivity index (χ2n) is 6.27. The maximum Gasteiger partial charge on any atom is 0.227 e. The summed E-state index contributed by atoms with van der Waals surface area (Å²) in [5.41, 5.74) is 1.18. The zero-order valence-electron chi connectivity index (χ0n) is 13.7. The van der Waals surface area contributed by atoms with E-state index in [4.69, 9.17) is 5.26 Å². The van der Waals surface area contributed by atoms with Crippen molar-refractivity contribution in [2.24, 2.45) is 12.5 Å². The summed E-state index contributed by atoms with van der Waals surface area (Å²) in [6, 6.07) is 11.7. The molecule has 0 saturated heterocycles. The van der Waals surface area contributed by atoms with Crippen molar-refractivity contribution in [2.75, 3.05) is 5.75 Å². The molecule has 5 nitrogen and oxygen atoms in total. The summed E-state index contributed by atoms with van der Waals surface area (Å²) in [7, 11) is -1.76. The van der Waals surface area contributed by atoms with Crippen molar-refractivity contribution in [3.63, 3.8) is 0 Å². The van der Waals surface area contributed by atoms with Gasteiger partial charge in [0.05, 0.1) is 29.1 Å². The van der Waals surface area contributed by atoms with Crippen LogP contribution in [0.15, 0.2) is 41.7 Å². The molecule has 0 N–H and O–H groups in total. The Labute approximate surface area is 137 Å². The summed E-state index contributed by atoms with van der Waals surface area (Å²) in [5, 5.41) is 9.07. The van der Waals surface area contributed by atoms with Gasteiger partial charge in [-0.05, 0) is 32.3 Å². The first-order chi connectivity index (χ1) is 10.8. The highest BCUT2D eigenvalue weighted by molar-refractivity contribution is 7.91. The summed E-state index contributed by atoms with van der Waals surface area (Å²) in [4.78, 5) is 4.11. The number of rotatable bonds is 6. The lowest BCUT2D eigenvalue weighted by atomic mass is 9.90. The molecule has 0 aliphatic heterocycles. The third kappa shape index (κ3) is 3.99. The van der Waals surface area contributed by atoms with Crippen LogP contribution < -0.4 is 0 Å². The van der Waals surface area contributed by atoms with Gasteiger partial charge in [-0.3, -0.25) is 0 Å². The monoisotopic (exact) mass is 331 g/mol. The SMILES string of the molecule is Cn1c(-c2ccccc2)cnc1S(=O)(=O)CCCC(C)(C)C#N. The number of nitriles is 1. The van der Waals surface area contributed by atoms with Gasteiger partial charge in [-0.15, -0.1) is 0 Å². The largest absolute Gasteiger partial charge is 0.318 e. The van der Waals surface area contributed by atoms with Crippen LogP contribution in [-0.4, -0.2) is 23.7 Å². The van der Waals surface area contributed by atoms with Crippen molar-refractivity contribution in [3.05, 3.63) is 36.5 Å². The maximum atomic E-state index is 12.5. The number of imidazole rings is 1. The van der Waals surface area contributed by atoms with Gasteiger partial charge in [-0.25, -0.2) is 13.4 Å². The molecule has 0 bridgehead atoms. The topological polar surface area (TPSA) is 75.8 Å². The molecule has 0 amide bonds. The average Bonchev–Trinajstić information content (AvgIpc) is 2.90. The number of hydrogen-bond acceptors (Lipinski definition) is 4. The highest BCUT2D eigenvalue weighted by Crippen LogP contribution is 2.24. The smallest absolute Gasteiger partial charge is 0.227 e. The number of nitrogens with zero attached hydrogens (tertiary/aromatic N) is 3. The van der Waals surface area contributed by atoms with Gasteiger partial charge in [0, 0.05) is 7.05 Å². The van der Waals surface area contributed by atoms with Crippen LogP contribution in [0.25, 0.3) is 11.3 Å². The van der Waals surface area contributed by atoms with Gasteiger partial charge >= 0.3 is 0 Å². The van der Waals surface area contributed by atoms with Crippen LogP contribution in [0, 0.1) is 16.7 Å². The van der Waals surface area contributed by atoms with Crippen molar-refractivity contribution in [1.82, 2.24) is 9.55 Å². The van der Waals surface area contributed by atoms with E-state index in [1.165, 1.54) is 0 Å². The molecule has 0 saturated carbocycles. The molecule has 1 heterocycles. The quantitative estimate of drug-likeness (QED) is 0.814. The fourth-order valence-corrected chi connectivity index (χ4v) is 3.85. The van der Waals surface area contributed by atoms with E-state index in [-0.39, 0.29) is 10.9 Å². The fourth-order valence-electron chi connectivity index (χ4n) is 2.41.